The van der Waals surface area contributed by atoms with Crippen molar-refractivity contribution in [2.24, 2.45) is 23.2 Å². The van der Waals surface area contributed by atoms with Gasteiger partial charge in [-0.15, -0.1) is 0 Å². The minimum absolute atomic E-state index is 0.0170. The van der Waals surface area contributed by atoms with Crippen molar-refractivity contribution in [2.45, 2.75) is 78.4 Å². The van der Waals surface area contributed by atoms with Crippen LogP contribution in [0.4, 0.5) is 4.39 Å². The van der Waals surface area contributed by atoms with Gasteiger partial charge in [-0.05, 0) is 48.5 Å². The van der Waals surface area contributed by atoms with Gasteiger partial charge in [0.25, 0.3) is 0 Å². The number of hydrogen-bond donors (Lipinski definition) is 0. The number of fused-ring (bicyclic) bond motifs is 1. The maximum Gasteiger partial charge on any atom is 0.153 e. The van der Waals surface area contributed by atoms with Gasteiger partial charge in [-0.1, -0.05) is 77.8 Å². The molecular formula is C20H33FS. The van der Waals surface area contributed by atoms with Gasteiger partial charge < -0.3 is 0 Å². The zero-order valence-electron chi connectivity index (χ0n) is 15.2. The van der Waals surface area contributed by atoms with E-state index < -0.39 is 0 Å². The molecular weight excluding hydrogens is 291 g/mol. The Morgan fingerprint density at radius 2 is 2.18 bits per heavy atom. The second-order valence-electron chi connectivity index (χ2n) is 8.65. The lowest BCUT2D eigenvalue weighted by atomic mass is 9.60. The average molecular weight is 325 g/mol. The van der Waals surface area contributed by atoms with E-state index in [0.717, 1.165) is 18.3 Å². The van der Waals surface area contributed by atoms with Gasteiger partial charge in [0.1, 0.15) is 0 Å². The highest BCUT2D eigenvalue weighted by molar-refractivity contribution is 8.04. The van der Waals surface area contributed by atoms with Crippen molar-refractivity contribution < 1.29 is 4.39 Å². The van der Waals surface area contributed by atoms with Gasteiger partial charge in [-0.2, -0.15) is 4.39 Å². The summed E-state index contributed by atoms with van der Waals surface area (Å²) in [5.74, 6) is 2.12. The molecule has 0 aromatic heterocycles. The number of rotatable bonds is 4. The summed E-state index contributed by atoms with van der Waals surface area (Å²) in [6.07, 6.45) is 10.4. The zero-order chi connectivity index (χ0) is 16.5. The molecule has 126 valence electrons. The van der Waals surface area contributed by atoms with Crippen molar-refractivity contribution in [3.63, 3.8) is 0 Å². The first-order chi connectivity index (χ1) is 10.1. The minimum atomic E-state index is -0.0493. The monoisotopic (exact) mass is 324 g/mol. The van der Waals surface area contributed by atoms with Gasteiger partial charge in [-0.3, -0.25) is 0 Å². The van der Waals surface area contributed by atoms with Gasteiger partial charge in [0, 0.05) is 4.75 Å². The van der Waals surface area contributed by atoms with Crippen LogP contribution in [0.5, 0.6) is 0 Å². The molecule has 3 unspecified atom stereocenters. The largest absolute Gasteiger partial charge is 0.200 e. The van der Waals surface area contributed by atoms with E-state index in [1.165, 1.54) is 37.4 Å². The predicted molar refractivity (Wildman–Crippen MR) is 97.6 cm³/mol. The Kier molecular flexibility index (Phi) is 5.52. The fraction of sp³-hybridized carbons (Fsp3) is 0.800. The van der Waals surface area contributed by atoms with Crippen molar-refractivity contribution >= 4 is 11.8 Å². The second-order valence-corrected chi connectivity index (χ2v) is 10.5. The Morgan fingerprint density at radius 1 is 1.50 bits per heavy atom. The summed E-state index contributed by atoms with van der Waals surface area (Å²) >= 11 is 1.34. The van der Waals surface area contributed by atoms with Crippen molar-refractivity contribution in [1.82, 2.24) is 0 Å². The van der Waals surface area contributed by atoms with Crippen LogP contribution in [0.25, 0.3) is 0 Å². The van der Waals surface area contributed by atoms with Crippen LogP contribution in [0, 0.1) is 23.2 Å². The van der Waals surface area contributed by atoms with E-state index in [-0.39, 0.29) is 9.91 Å². The van der Waals surface area contributed by atoms with E-state index in [0.29, 0.717) is 11.3 Å². The van der Waals surface area contributed by atoms with E-state index in [4.69, 9.17) is 0 Å². The van der Waals surface area contributed by atoms with E-state index in [1.807, 2.05) is 6.08 Å². The van der Waals surface area contributed by atoms with Gasteiger partial charge in [0.2, 0.25) is 0 Å². The Bertz CT molecular complexity index is 457. The highest BCUT2D eigenvalue weighted by Crippen LogP contribution is 2.56. The summed E-state index contributed by atoms with van der Waals surface area (Å²) in [5.41, 5.74) is 1.98. The van der Waals surface area contributed by atoms with Crippen LogP contribution in [-0.2, 0) is 0 Å². The Hall–Kier alpha value is -0.240. The van der Waals surface area contributed by atoms with Crippen molar-refractivity contribution in [3.05, 3.63) is 22.9 Å². The van der Waals surface area contributed by atoms with Crippen molar-refractivity contribution in [1.29, 1.82) is 0 Å². The molecule has 0 heterocycles. The van der Waals surface area contributed by atoms with E-state index in [2.05, 4.69) is 47.6 Å². The van der Waals surface area contributed by atoms with Crippen LogP contribution in [0.2, 0.25) is 0 Å². The van der Waals surface area contributed by atoms with Gasteiger partial charge >= 0.3 is 0 Å². The van der Waals surface area contributed by atoms with Crippen LogP contribution in [-0.4, -0.2) is 4.75 Å². The number of thioether (sulfide) groups is 1. The predicted octanol–water partition coefficient (Wildman–Crippen LogP) is 7.13. The van der Waals surface area contributed by atoms with E-state index in [1.54, 1.807) is 5.57 Å². The molecule has 2 aliphatic rings. The smallest absolute Gasteiger partial charge is 0.153 e. The van der Waals surface area contributed by atoms with Crippen LogP contribution in [0.1, 0.15) is 73.6 Å². The molecule has 0 aliphatic heterocycles. The SMILES string of the molecule is CC1CCCC2(C)C([C@H](C)C/C=C(\F)SC(C)(C)C)=CCC12. The van der Waals surface area contributed by atoms with Crippen LogP contribution in [0.3, 0.4) is 0 Å². The first-order valence-corrected chi connectivity index (χ1v) is 9.70. The fourth-order valence-corrected chi connectivity index (χ4v) is 5.40. The molecule has 2 aliphatic carbocycles. The lowest BCUT2D eigenvalue weighted by Crippen LogP contribution is -2.35. The lowest BCUT2D eigenvalue weighted by Gasteiger charge is -2.44. The standard InChI is InChI=1S/C20H33FS/c1-14-8-7-13-20(6)16(14)10-11-17(20)15(2)9-12-18(21)22-19(3,4)5/h11-12,14-16H,7-10,13H2,1-6H3/b18-12+/t14?,15-,16?,20?/m1/s1. The fourth-order valence-electron chi connectivity index (χ4n) is 4.64. The highest BCUT2D eigenvalue weighted by atomic mass is 32.2. The molecule has 0 bridgehead atoms. The molecule has 0 nitrogen and oxygen atoms in total. The van der Waals surface area contributed by atoms with Crippen LogP contribution < -0.4 is 0 Å². The summed E-state index contributed by atoms with van der Waals surface area (Å²) in [6.45, 7) is 13.3. The molecule has 2 heteroatoms. The Labute approximate surface area is 141 Å². The zero-order valence-corrected chi connectivity index (χ0v) is 16.0. The normalized spacial score (nSPS) is 34.3. The van der Waals surface area contributed by atoms with Gasteiger partial charge in [0.05, 0.1) is 0 Å². The first kappa shape index (κ1) is 18.1. The third kappa shape index (κ3) is 3.99. The highest BCUT2D eigenvalue weighted by Gasteiger charge is 2.46. The van der Waals surface area contributed by atoms with Crippen LogP contribution >= 0.6 is 11.8 Å². The number of allylic oxidation sites excluding steroid dienone is 3. The third-order valence-electron chi connectivity index (χ3n) is 5.68. The number of halogens is 1. The van der Waals surface area contributed by atoms with Gasteiger partial charge in [-0.25, -0.2) is 0 Å². The molecule has 0 radical (unpaired) electrons. The molecule has 0 aromatic rings. The summed E-state index contributed by atoms with van der Waals surface area (Å²) in [5, 5.41) is -0.0170. The van der Waals surface area contributed by atoms with Crippen molar-refractivity contribution in [2.75, 3.05) is 0 Å². The third-order valence-corrected chi connectivity index (χ3v) is 6.65. The molecule has 4 atom stereocenters. The minimum Gasteiger partial charge on any atom is -0.200 e. The molecule has 0 N–H and O–H groups in total. The molecule has 0 saturated heterocycles. The van der Waals surface area contributed by atoms with Crippen LogP contribution in [0.15, 0.2) is 22.9 Å². The molecule has 0 amide bonds. The maximum absolute atomic E-state index is 14.0. The average Bonchev–Trinajstić information content (AvgIpc) is 2.72. The number of hydrogen-bond acceptors (Lipinski definition) is 1. The first-order valence-electron chi connectivity index (χ1n) is 8.88. The quantitative estimate of drug-likeness (QED) is 0.496. The molecule has 22 heavy (non-hydrogen) atoms. The molecule has 0 aromatic carbocycles. The topological polar surface area (TPSA) is 0 Å². The lowest BCUT2D eigenvalue weighted by molar-refractivity contribution is 0.111. The van der Waals surface area contributed by atoms with Gasteiger partial charge in [0.15, 0.2) is 5.16 Å². The Balaban J connectivity index is 2.01. The van der Waals surface area contributed by atoms with E-state index in [9.17, 15) is 4.39 Å². The Morgan fingerprint density at radius 3 is 2.82 bits per heavy atom. The summed E-state index contributed by atoms with van der Waals surface area (Å²) in [4.78, 5) is 0. The summed E-state index contributed by atoms with van der Waals surface area (Å²) in [6, 6.07) is 0. The van der Waals surface area contributed by atoms with E-state index >= 15 is 0 Å². The summed E-state index contributed by atoms with van der Waals surface area (Å²) in [7, 11) is 0. The van der Waals surface area contributed by atoms with Crippen molar-refractivity contribution in [3.8, 4) is 0 Å². The molecule has 1 saturated carbocycles. The maximum atomic E-state index is 14.0. The molecule has 0 spiro atoms. The summed E-state index contributed by atoms with van der Waals surface area (Å²) < 4.78 is 14.0. The molecule has 1 fully saturated rings. The molecule has 2 rings (SSSR count). The second kappa shape index (κ2) is 6.71.